The maximum atomic E-state index is 13.1. The molecule has 3 aliphatic rings. The highest BCUT2D eigenvalue weighted by Crippen LogP contribution is 2.39. The predicted octanol–water partition coefficient (Wildman–Crippen LogP) is 3.15. The molecule has 6 nitrogen and oxygen atoms in total. The summed E-state index contributed by atoms with van der Waals surface area (Å²) in [5.74, 6) is 2.40. The van der Waals surface area contributed by atoms with E-state index in [2.05, 4.69) is 4.90 Å². The monoisotopic (exact) mass is 409 g/mol. The van der Waals surface area contributed by atoms with E-state index in [1.54, 1.807) is 7.11 Å². The van der Waals surface area contributed by atoms with Gasteiger partial charge >= 0.3 is 0 Å². The molecule has 0 saturated carbocycles. The first-order valence-electron chi connectivity index (χ1n) is 10.6. The Hall–Kier alpha value is -2.57. The zero-order chi connectivity index (χ0) is 20.7. The first-order valence-corrected chi connectivity index (χ1v) is 10.6. The van der Waals surface area contributed by atoms with E-state index < -0.39 is 5.60 Å². The quantitative estimate of drug-likeness (QED) is 0.837. The molecular formula is C24H27NO5. The summed E-state index contributed by atoms with van der Waals surface area (Å²) in [4.78, 5) is 15.4. The van der Waals surface area contributed by atoms with Crippen LogP contribution in [0.2, 0.25) is 0 Å². The summed E-state index contributed by atoms with van der Waals surface area (Å²) in [7, 11) is 1.64. The van der Waals surface area contributed by atoms with Crippen LogP contribution in [0.15, 0.2) is 36.4 Å². The first-order chi connectivity index (χ1) is 14.6. The molecule has 6 heteroatoms. The van der Waals surface area contributed by atoms with Crippen LogP contribution in [0.1, 0.15) is 40.7 Å². The summed E-state index contributed by atoms with van der Waals surface area (Å²) in [6.07, 6.45) is 3.06. The van der Waals surface area contributed by atoms with Crippen LogP contribution in [0.3, 0.4) is 0 Å². The molecule has 0 bridgehead atoms. The number of aliphatic hydroxyl groups is 1. The molecule has 5 rings (SSSR count). The van der Waals surface area contributed by atoms with Crippen molar-refractivity contribution in [1.29, 1.82) is 0 Å². The van der Waals surface area contributed by atoms with Gasteiger partial charge in [-0.3, -0.25) is 4.79 Å². The van der Waals surface area contributed by atoms with Crippen molar-refractivity contribution in [1.82, 2.24) is 4.90 Å². The fourth-order valence-electron chi connectivity index (χ4n) is 4.88. The minimum atomic E-state index is -0.816. The molecule has 158 valence electrons. The Kier molecular flexibility index (Phi) is 4.91. The number of hydrogen-bond donors (Lipinski definition) is 1. The highest BCUT2D eigenvalue weighted by atomic mass is 16.7. The van der Waals surface area contributed by atoms with Crippen LogP contribution in [-0.2, 0) is 12.0 Å². The van der Waals surface area contributed by atoms with Crippen LogP contribution < -0.4 is 14.2 Å². The molecule has 1 atom stereocenters. The van der Waals surface area contributed by atoms with Gasteiger partial charge < -0.3 is 24.2 Å². The van der Waals surface area contributed by atoms with E-state index in [-0.39, 0.29) is 18.5 Å². The zero-order valence-electron chi connectivity index (χ0n) is 17.2. The lowest BCUT2D eigenvalue weighted by atomic mass is 9.80. The Balaban J connectivity index is 1.23. The maximum absolute atomic E-state index is 13.1. The van der Waals surface area contributed by atoms with Crippen molar-refractivity contribution >= 4 is 5.78 Å². The molecule has 2 heterocycles. The Morgan fingerprint density at radius 1 is 1.13 bits per heavy atom. The molecule has 0 spiro atoms. The number of piperidine rings is 1. The van der Waals surface area contributed by atoms with Crippen molar-refractivity contribution in [2.75, 3.05) is 33.5 Å². The van der Waals surface area contributed by atoms with Gasteiger partial charge in [0.2, 0.25) is 6.79 Å². The topological polar surface area (TPSA) is 68.2 Å². The van der Waals surface area contributed by atoms with Crippen LogP contribution >= 0.6 is 0 Å². The lowest BCUT2D eigenvalue weighted by Gasteiger charge is -2.40. The molecular weight excluding hydrogens is 382 g/mol. The summed E-state index contributed by atoms with van der Waals surface area (Å²) >= 11 is 0. The Labute approximate surface area is 176 Å². The number of fused-ring (bicyclic) bond motifs is 2. The molecule has 2 aliphatic heterocycles. The number of ketones is 1. The number of likely N-dealkylation sites (tertiary alicyclic amines) is 1. The molecule has 1 saturated heterocycles. The van der Waals surface area contributed by atoms with Gasteiger partial charge in [-0.05, 0) is 61.1 Å². The third kappa shape index (κ3) is 3.44. The number of rotatable bonds is 4. The highest BCUT2D eigenvalue weighted by Gasteiger charge is 2.36. The van der Waals surface area contributed by atoms with Crippen LogP contribution in [0.25, 0.3) is 0 Å². The largest absolute Gasteiger partial charge is 0.497 e. The zero-order valence-corrected chi connectivity index (χ0v) is 17.2. The van der Waals surface area contributed by atoms with Crippen molar-refractivity contribution in [3.05, 3.63) is 53.1 Å². The van der Waals surface area contributed by atoms with E-state index in [0.29, 0.717) is 18.6 Å². The minimum absolute atomic E-state index is 0.00921. The molecule has 30 heavy (non-hydrogen) atoms. The number of aryl methyl sites for hydroxylation is 1. The van der Waals surface area contributed by atoms with Crippen LogP contribution in [-0.4, -0.2) is 49.3 Å². The summed E-state index contributed by atoms with van der Waals surface area (Å²) in [6.45, 7) is 2.52. The van der Waals surface area contributed by atoms with Gasteiger partial charge in [-0.1, -0.05) is 12.1 Å². The van der Waals surface area contributed by atoms with Gasteiger partial charge in [0, 0.05) is 31.1 Å². The fourth-order valence-corrected chi connectivity index (χ4v) is 4.88. The number of hydrogen-bond acceptors (Lipinski definition) is 6. The van der Waals surface area contributed by atoms with Gasteiger partial charge in [-0.15, -0.1) is 0 Å². The lowest BCUT2D eigenvalue weighted by molar-refractivity contribution is -0.0283. The number of carbonyl (C=O) groups excluding carboxylic acids is 1. The van der Waals surface area contributed by atoms with Crippen LogP contribution in [0, 0.1) is 5.92 Å². The van der Waals surface area contributed by atoms with E-state index >= 15 is 0 Å². The maximum Gasteiger partial charge on any atom is 0.231 e. The third-order valence-electron chi connectivity index (χ3n) is 6.79. The molecule has 0 radical (unpaired) electrons. The highest BCUT2D eigenvalue weighted by molar-refractivity contribution is 6.01. The lowest BCUT2D eigenvalue weighted by Crippen LogP contribution is -2.45. The summed E-state index contributed by atoms with van der Waals surface area (Å²) in [5.41, 5.74) is 1.96. The number of methoxy groups -OCH3 is 1. The second-order valence-electron chi connectivity index (χ2n) is 8.52. The number of Topliss-reactive ketones (excluding diaryl/α,β-unsaturated/α-hetero) is 1. The molecule has 2 aromatic carbocycles. The van der Waals surface area contributed by atoms with Crippen molar-refractivity contribution in [2.24, 2.45) is 5.92 Å². The normalized spacial score (nSPS) is 22.6. The molecule has 1 unspecified atom stereocenters. The Bertz CT molecular complexity index is 947. The van der Waals surface area contributed by atoms with Crippen molar-refractivity contribution in [3.8, 4) is 17.2 Å². The SMILES string of the molecule is COc1ccc(C2(O)CCN(CC3CCc4cc5c(cc4C3=O)OCO5)CC2)cc1. The van der Waals surface area contributed by atoms with Crippen molar-refractivity contribution in [3.63, 3.8) is 0 Å². The van der Waals surface area contributed by atoms with Crippen molar-refractivity contribution in [2.45, 2.75) is 31.3 Å². The second kappa shape index (κ2) is 7.60. The smallest absolute Gasteiger partial charge is 0.231 e. The van der Waals surface area contributed by atoms with Gasteiger partial charge in [0.05, 0.1) is 12.7 Å². The molecule has 2 aromatic rings. The number of ether oxygens (including phenoxy) is 3. The van der Waals surface area contributed by atoms with Crippen LogP contribution in [0.4, 0.5) is 0 Å². The Morgan fingerprint density at radius 3 is 2.53 bits per heavy atom. The van der Waals surface area contributed by atoms with Gasteiger partial charge in [-0.25, -0.2) is 0 Å². The minimum Gasteiger partial charge on any atom is -0.497 e. The predicted molar refractivity (Wildman–Crippen MR) is 111 cm³/mol. The Morgan fingerprint density at radius 2 is 1.83 bits per heavy atom. The fraction of sp³-hybridized carbons (Fsp3) is 0.458. The summed E-state index contributed by atoms with van der Waals surface area (Å²) < 4.78 is 16.1. The van der Waals surface area contributed by atoms with E-state index in [1.165, 1.54) is 0 Å². The van der Waals surface area contributed by atoms with Gasteiger partial charge in [-0.2, -0.15) is 0 Å². The second-order valence-corrected chi connectivity index (χ2v) is 8.52. The summed E-state index contributed by atoms with van der Waals surface area (Å²) in [5, 5.41) is 11.1. The van der Waals surface area contributed by atoms with E-state index in [4.69, 9.17) is 14.2 Å². The van der Waals surface area contributed by atoms with Gasteiger partial charge in [0.15, 0.2) is 17.3 Å². The number of nitrogens with zero attached hydrogens (tertiary/aromatic N) is 1. The molecule has 1 fully saturated rings. The van der Waals surface area contributed by atoms with Gasteiger partial charge in [0.1, 0.15) is 5.75 Å². The molecule has 1 N–H and O–H groups in total. The van der Waals surface area contributed by atoms with E-state index in [9.17, 15) is 9.90 Å². The number of carbonyl (C=O) groups is 1. The van der Waals surface area contributed by atoms with Crippen LogP contribution in [0.5, 0.6) is 17.2 Å². The average molecular weight is 409 g/mol. The average Bonchev–Trinajstić information content (AvgIpc) is 3.24. The van der Waals surface area contributed by atoms with Crippen molar-refractivity contribution < 1.29 is 24.1 Å². The third-order valence-corrected chi connectivity index (χ3v) is 6.79. The molecule has 0 aromatic heterocycles. The van der Waals surface area contributed by atoms with E-state index in [1.807, 2.05) is 36.4 Å². The van der Waals surface area contributed by atoms with E-state index in [0.717, 1.165) is 60.7 Å². The first kappa shape index (κ1) is 19.4. The van der Waals surface area contributed by atoms with Gasteiger partial charge in [0.25, 0.3) is 0 Å². The molecule has 0 amide bonds. The molecule has 1 aliphatic carbocycles. The standard InChI is InChI=1S/C24H27NO5/c1-28-19-6-4-18(5-7-19)24(27)8-10-25(11-9-24)14-17-3-2-16-12-21-22(30-15-29-21)13-20(16)23(17)26/h4-7,12-13,17,27H,2-3,8-11,14-15H2,1H3. The summed E-state index contributed by atoms with van der Waals surface area (Å²) in [6, 6.07) is 11.5. The number of benzene rings is 2.